The summed E-state index contributed by atoms with van der Waals surface area (Å²) in [5, 5.41) is 5.30. The molecule has 0 bridgehead atoms. The van der Waals surface area contributed by atoms with Gasteiger partial charge in [0, 0.05) is 35.5 Å². The van der Waals surface area contributed by atoms with Crippen molar-refractivity contribution in [1.29, 1.82) is 0 Å². The van der Waals surface area contributed by atoms with Crippen LogP contribution in [-0.2, 0) is 13.0 Å². The van der Waals surface area contributed by atoms with Gasteiger partial charge in [-0.15, -0.1) is 11.3 Å². The average Bonchev–Trinajstić information content (AvgIpc) is 3.10. The van der Waals surface area contributed by atoms with E-state index in [0.29, 0.717) is 5.92 Å². The second-order valence-electron chi connectivity index (χ2n) is 4.76. The SMILES string of the molecule is CNCc1cnc(Cc2cccs2)nc1C1CC1. The van der Waals surface area contributed by atoms with Crippen molar-refractivity contribution in [2.45, 2.75) is 31.7 Å². The fourth-order valence-corrected chi connectivity index (χ4v) is 2.85. The Hall–Kier alpha value is -1.26. The highest BCUT2D eigenvalue weighted by Crippen LogP contribution is 2.40. The largest absolute Gasteiger partial charge is 0.316 e. The molecule has 2 heterocycles. The van der Waals surface area contributed by atoms with Gasteiger partial charge in [-0.2, -0.15) is 0 Å². The van der Waals surface area contributed by atoms with Crippen LogP contribution in [0.3, 0.4) is 0 Å². The Kier molecular flexibility index (Phi) is 3.39. The minimum absolute atomic E-state index is 0.679. The van der Waals surface area contributed by atoms with Gasteiger partial charge < -0.3 is 5.32 Å². The van der Waals surface area contributed by atoms with Crippen LogP contribution in [0.25, 0.3) is 0 Å². The van der Waals surface area contributed by atoms with Crippen LogP contribution in [0.15, 0.2) is 23.7 Å². The third kappa shape index (κ3) is 2.60. The molecule has 1 aliphatic carbocycles. The summed E-state index contributed by atoms with van der Waals surface area (Å²) in [7, 11) is 1.97. The van der Waals surface area contributed by atoms with Crippen LogP contribution in [0.4, 0.5) is 0 Å². The number of nitrogens with zero attached hydrogens (tertiary/aromatic N) is 2. The monoisotopic (exact) mass is 259 g/mol. The Morgan fingerprint density at radius 2 is 2.33 bits per heavy atom. The van der Waals surface area contributed by atoms with Gasteiger partial charge in [-0.05, 0) is 31.3 Å². The lowest BCUT2D eigenvalue weighted by molar-refractivity contribution is 0.771. The van der Waals surface area contributed by atoms with Crippen molar-refractivity contribution in [3.05, 3.63) is 45.7 Å². The molecule has 0 amide bonds. The fourth-order valence-electron chi connectivity index (χ4n) is 2.15. The molecule has 1 aliphatic rings. The predicted octanol–water partition coefficient (Wildman–Crippen LogP) is 2.73. The topological polar surface area (TPSA) is 37.8 Å². The molecule has 94 valence electrons. The Balaban J connectivity index is 1.85. The summed E-state index contributed by atoms with van der Waals surface area (Å²) in [5.41, 5.74) is 2.53. The van der Waals surface area contributed by atoms with E-state index < -0.39 is 0 Å². The molecule has 0 spiro atoms. The molecule has 1 fully saturated rings. The molecule has 1 N–H and O–H groups in total. The molecule has 0 radical (unpaired) electrons. The smallest absolute Gasteiger partial charge is 0.133 e. The highest BCUT2D eigenvalue weighted by Gasteiger charge is 2.28. The summed E-state index contributed by atoms with van der Waals surface area (Å²) in [5.74, 6) is 1.64. The van der Waals surface area contributed by atoms with Gasteiger partial charge in [-0.3, -0.25) is 0 Å². The highest BCUT2D eigenvalue weighted by molar-refractivity contribution is 7.09. The van der Waals surface area contributed by atoms with E-state index >= 15 is 0 Å². The van der Waals surface area contributed by atoms with Crippen molar-refractivity contribution in [1.82, 2.24) is 15.3 Å². The van der Waals surface area contributed by atoms with Crippen molar-refractivity contribution in [2.75, 3.05) is 7.05 Å². The number of nitrogens with one attached hydrogen (secondary N) is 1. The third-order valence-electron chi connectivity index (χ3n) is 3.19. The molecule has 18 heavy (non-hydrogen) atoms. The van der Waals surface area contributed by atoms with E-state index in [9.17, 15) is 0 Å². The molecule has 1 saturated carbocycles. The van der Waals surface area contributed by atoms with Gasteiger partial charge >= 0.3 is 0 Å². The second-order valence-corrected chi connectivity index (χ2v) is 5.79. The van der Waals surface area contributed by atoms with Gasteiger partial charge in [-0.1, -0.05) is 6.07 Å². The predicted molar refractivity (Wildman–Crippen MR) is 73.9 cm³/mol. The van der Waals surface area contributed by atoms with Gasteiger partial charge in [0.25, 0.3) is 0 Å². The first-order valence-electron chi connectivity index (χ1n) is 6.38. The average molecular weight is 259 g/mol. The van der Waals surface area contributed by atoms with Crippen LogP contribution in [0, 0.1) is 0 Å². The molecule has 0 unspecified atom stereocenters. The van der Waals surface area contributed by atoms with Crippen molar-refractivity contribution in [2.24, 2.45) is 0 Å². The lowest BCUT2D eigenvalue weighted by atomic mass is 10.1. The Bertz CT molecular complexity index is 518. The maximum Gasteiger partial charge on any atom is 0.133 e. The number of thiophene rings is 1. The van der Waals surface area contributed by atoms with Crippen LogP contribution in [0.5, 0.6) is 0 Å². The summed E-state index contributed by atoms with van der Waals surface area (Å²) in [6.07, 6.45) is 5.43. The molecule has 2 aromatic heterocycles. The summed E-state index contributed by atoms with van der Waals surface area (Å²) in [6.45, 7) is 0.866. The lowest BCUT2D eigenvalue weighted by Crippen LogP contribution is -2.11. The summed E-state index contributed by atoms with van der Waals surface area (Å²) in [6, 6.07) is 4.23. The van der Waals surface area contributed by atoms with Gasteiger partial charge in [0.15, 0.2) is 0 Å². The quantitative estimate of drug-likeness (QED) is 0.897. The molecule has 0 atom stereocenters. The normalized spacial score (nSPS) is 14.9. The Morgan fingerprint density at radius 1 is 1.44 bits per heavy atom. The first-order chi connectivity index (χ1) is 8.86. The zero-order chi connectivity index (χ0) is 12.4. The van der Waals surface area contributed by atoms with Crippen molar-refractivity contribution >= 4 is 11.3 Å². The van der Waals surface area contributed by atoms with Gasteiger partial charge in [-0.25, -0.2) is 9.97 Å². The number of hydrogen-bond donors (Lipinski definition) is 1. The van der Waals surface area contributed by atoms with Crippen LogP contribution in [0.2, 0.25) is 0 Å². The summed E-state index contributed by atoms with van der Waals surface area (Å²) in [4.78, 5) is 10.6. The molecule has 3 rings (SSSR count). The van der Waals surface area contributed by atoms with Crippen molar-refractivity contribution < 1.29 is 0 Å². The number of aromatic nitrogens is 2. The van der Waals surface area contributed by atoms with Gasteiger partial charge in [0.05, 0.1) is 5.69 Å². The molecular formula is C14H17N3S. The molecular weight excluding hydrogens is 242 g/mol. The number of hydrogen-bond acceptors (Lipinski definition) is 4. The number of rotatable bonds is 5. The molecule has 3 nitrogen and oxygen atoms in total. The first-order valence-corrected chi connectivity index (χ1v) is 7.26. The summed E-state index contributed by atoms with van der Waals surface area (Å²) < 4.78 is 0. The van der Waals surface area contributed by atoms with Crippen molar-refractivity contribution in [3.8, 4) is 0 Å². The van der Waals surface area contributed by atoms with Crippen molar-refractivity contribution in [3.63, 3.8) is 0 Å². The maximum atomic E-state index is 4.78. The minimum atomic E-state index is 0.679. The van der Waals surface area contributed by atoms with E-state index in [-0.39, 0.29) is 0 Å². The minimum Gasteiger partial charge on any atom is -0.316 e. The van der Waals surface area contributed by atoms with Crippen LogP contribution < -0.4 is 5.32 Å². The zero-order valence-electron chi connectivity index (χ0n) is 10.5. The Morgan fingerprint density at radius 3 is 3.00 bits per heavy atom. The molecule has 0 saturated heterocycles. The zero-order valence-corrected chi connectivity index (χ0v) is 11.3. The lowest BCUT2D eigenvalue weighted by Gasteiger charge is -2.08. The van der Waals surface area contributed by atoms with Crippen LogP contribution in [-0.4, -0.2) is 17.0 Å². The van der Waals surface area contributed by atoms with E-state index in [2.05, 4.69) is 27.8 Å². The molecule has 2 aromatic rings. The van der Waals surface area contributed by atoms with E-state index in [1.165, 1.54) is 29.0 Å². The van der Waals surface area contributed by atoms with Crippen LogP contribution >= 0.6 is 11.3 Å². The van der Waals surface area contributed by atoms with Gasteiger partial charge in [0.1, 0.15) is 5.82 Å². The second kappa shape index (κ2) is 5.16. The Labute approximate surface area is 111 Å². The maximum absolute atomic E-state index is 4.78. The first kappa shape index (κ1) is 11.8. The standard InChI is InChI=1S/C14H17N3S/c1-15-8-11-9-16-13(7-12-3-2-6-18-12)17-14(11)10-4-5-10/h2-3,6,9-10,15H,4-5,7-8H2,1H3. The van der Waals surface area contributed by atoms with Gasteiger partial charge in [0.2, 0.25) is 0 Å². The van der Waals surface area contributed by atoms with E-state index in [4.69, 9.17) is 4.98 Å². The molecule has 0 aromatic carbocycles. The van der Waals surface area contributed by atoms with E-state index in [1.54, 1.807) is 11.3 Å². The van der Waals surface area contributed by atoms with Crippen LogP contribution in [0.1, 0.15) is 40.7 Å². The molecule has 0 aliphatic heterocycles. The summed E-state index contributed by atoms with van der Waals surface area (Å²) >= 11 is 1.77. The van der Waals surface area contributed by atoms with E-state index in [0.717, 1.165) is 18.8 Å². The molecule has 4 heteroatoms. The van der Waals surface area contributed by atoms with E-state index in [1.807, 2.05) is 13.2 Å². The fraction of sp³-hybridized carbons (Fsp3) is 0.429. The third-order valence-corrected chi connectivity index (χ3v) is 4.07. The highest BCUT2D eigenvalue weighted by atomic mass is 32.1.